The van der Waals surface area contributed by atoms with Gasteiger partial charge in [-0.3, -0.25) is 0 Å². The van der Waals surface area contributed by atoms with Crippen molar-refractivity contribution in [3.63, 3.8) is 0 Å². The molecule has 1 aromatic rings. The Kier molecular flexibility index (Phi) is 3.58. The molecular formula is C21H28N4O. The van der Waals surface area contributed by atoms with Crippen LogP contribution in [0.5, 0.6) is 0 Å². The minimum absolute atomic E-state index is 0.0405. The van der Waals surface area contributed by atoms with Crippen LogP contribution in [0.4, 0.5) is 16.2 Å². The minimum Gasteiger partial charge on any atom is -0.397 e. The third-order valence-corrected chi connectivity index (χ3v) is 7.17. The van der Waals surface area contributed by atoms with Crippen LogP contribution in [0, 0.1) is 23.2 Å². The number of likely N-dealkylation sites (tertiary alicyclic amines) is 1. The van der Waals surface area contributed by atoms with Gasteiger partial charge < -0.3 is 20.9 Å². The number of benzene rings is 1. The summed E-state index contributed by atoms with van der Waals surface area (Å²) in [6.45, 7) is 3.97. The number of anilines is 2. The third-order valence-electron chi connectivity index (χ3n) is 7.17. The fraction of sp³-hybridized carbons (Fsp3) is 0.571. The van der Waals surface area contributed by atoms with Gasteiger partial charge in [0.2, 0.25) is 0 Å². The highest BCUT2D eigenvalue weighted by molar-refractivity contribution is 5.93. The van der Waals surface area contributed by atoms with Gasteiger partial charge in [-0.25, -0.2) is 4.79 Å². The molecular weight excluding hydrogens is 324 g/mol. The Bertz CT molecular complexity index is 769. The topological polar surface area (TPSA) is 61.6 Å². The van der Waals surface area contributed by atoms with Gasteiger partial charge in [0.25, 0.3) is 0 Å². The third kappa shape index (κ3) is 2.37. The normalized spacial score (nSPS) is 31.6. The van der Waals surface area contributed by atoms with E-state index >= 15 is 0 Å². The minimum atomic E-state index is -0.0405. The summed E-state index contributed by atoms with van der Waals surface area (Å²) in [6, 6.07) is 7.36. The van der Waals surface area contributed by atoms with E-state index in [0.29, 0.717) is 22.7 Å². The van der Waals surface area contributed by atoms with E-state index in [1.165, 1.54) is 25.8 Å². The largest absolute Gasteiger partial charge is 0.397 e. The van der Waals surface area contributed by atoms with Crippen LogP contribution < -0.4 is 11.1 Å². The molecule has 4 fully saturated rings. The molecule has 4 aliphatic carbocycles. The molecule has 2 amide bonds. The van der Waals surface area contributed by atoms with Gasteiger partial charge in [0.1, 0.15) is 0 Å². The van der Waals surface area contributed by atoms with E-state index < -0.39 is 0 Å². The van der Waals surface area contributed by atoms with E-state index in [9.17, 15) is 4.79 Å². The summed E-state index contributed by atoms with van der Waals surface area (Å²) in [7, 11) is 2.26. The molecule has 1 heterocycles. The van der Waals surface area contributed by atoms with Crippen LogP contribution in [0.2, 0.25) is 0 Å². The van der Waals surface area contributed by atoms with Gasteiger partial charge >= 0.3 is 6.03 Å². The van der Waals surface area contributed by atoms with Gasteiger partial charge in [0.05, 0.1) is 11.4 Å². The van der Waals surface area contributed by atoms with Gasteiger partial charge in [-0.05, 0) is 50.3 Å². The standard InChI is InChI=1S/C21H28N4O/c1-24(13-21-9-15-8-16(21)6-7-17(15)21)10-14-11-25(12-14)20(26)23-19-5-3-2-4-18(19)22/h2-5,7,14-16H,6,8-13,22H2,1H3,(H,23,26). The maximum atomic E-state index is 12.3. The number of rotatable bonds is 5. The second-order valence-electron chi connectivity index (χ2n) is 8.87. The molecule has 0 radical (unpaired) electrons. The molecule has 5 aliphatic rings. The first-order valence-electron chi connectivity index (χ1n) is 9.84. The highest BCUT2D eigenvalue weighted by atomic mass is 16.2. The van der Waals surface area contributed by atoms with Crippen LogP contribution in [-0.4, -0.2) is 49.1 Å². The number of urea groups is 1. The van der Waals surface area contributed by atoms with Crippen molar-refractivity contribution in [3.05, 3.63) is 35.9 Å². The first-order chi connectivity index (χ1) is 12.5. The van der Waals surface area contributed by atoms with Crippen molar-refractivity contribution < 1.29 is 4.79 Å². The summed E-state index contributed by atoms with van der Waals surface area (Å²) < 4.78 is 0. The maximum absolute atomic E-state index is 12.3. The van der Waals surface area contributed by atoms with Crippen LogP contribution in [0.3, 0.4) is 0 Å². The number of nitrogens with one attached hydrogen (secondary N) is 1. The van der Waals surface area contributed by atoms with Crippen molar-refractivity contribution >= 4 is 17.4 Å². The molecule has 3 N–H and O–H groups in total. The molecule has 3 saturated carbocycles. The molecule has 1 aromatic carbocycles. The Hall–Kier alpha value is -2.01. The molecule has 138 valence electrons. The quantitative estimate of drug-likeness (QED) is 0.632. The van der Waals surface area contributed by atoms with Crippen molar-refractivity contribution in [2.45, 2.75) is 19.3 Å². The predicted octanol–water partition coefficient (Wildman–Crippen LogP) is 3.02. The number of nitrogens with two attached hydrogens (primary N) is 1. The van der Waals surface area contributed by atoms with Gasteiger partial charge in [0.15, 0.2) is 0 Å². The highest BCUT2D eigenvalue weighted by Gasteiger charge is 2.63. The number of hydrogen-bond donors (Lipinski definition) is 2. The first kappa shape index (κ1) is 16.2. The van der Waals surface area contributed by atoms with Gasteiger partial charge in [0, 0.05) is 37.5 Å². The van der Waals surface area contributed by atoms with E-state index in [1.54, 1.807) is 11.6 Å². The molecule has 3 unspecified atom stereocenters. The van der Waals surface area contributed by atoms with Crippen molar-refractivity contribution in [1.29, 1.82) is 0 Å². The number of amides is 2. The number of nitrogen functional groups attached to an aromatic ring is 1. The Labute approximate surface area is 155 Å². The second-order valence-corrected chi connectivity index (χ2v) is 8.87. The zero-order chi connectivity index (χ0) is 17.9. The van der Waals surface area contributed by atoms with Gasteiger partial charge in [-0.2, -0.15) is 0 Å². The fourth-order valence-electron chi connectivity index (χ4n) is 6.01. The molecule has 4 bridgehead atoms. The fourth-order valence-corrected chi connectivity index (χ4v) is 6.01. The summed E-state index contributed by atoms with van der Waals surface area (Å²) in [6.07, 6.45) is 6.71. The van der Waals surface area contributed by atoms with Crippen LogP contribution in [0.15, 0.2) is 35.9 Å². The summed E-state index contributed by atoms with van der Waals surface area (Å²) in [5.41, 5.74) is 9.52. The lowest BCUT2D eigenvalue weighted by atomic mass is 9.65. The van der Waals surface area contributed by atoms with Crippen LogP contribution in [-0.2, 0) is 0 Å². The summed E-state index contributed by atoms with van der Waals surface area (Å²) >= 11 is 0. The van der Waals surface area contributed by atoms with Gasteiger partial charge in [-0.15, -0.1) is 0 Å². The van der Waals surface area contributed by atoms with Crippen molar-refractivity contribution in [3.8, 4) is 0 Å². The number of hydrogen-bond acceptors (Lipinski definition) is 3. The Morgan fingerprint density at radius 1 is 1.38 bits per heavy atom. The van der Waals surface area contributed by atoms with E-state index in [2.05, 4.69) is 23.3 Å². The predicted molar refractivity (Wildman–Crippen MR) is 104 cm³/mol. The monoisotopic (exact) mass is 352 g/mol. The lowest BCUT2D eigenvalue weighted by Crippen LogP contribution is -2.55. The molecule has 0 spiro atoms. The SMILES string of the molecule is CN(CC1CN(C(=O)Nc2ccccc2N)C1)CC12CC3CC1CC=C32. The number of para-hydroxylation sites is 2. The van der Waals surface area contributed by atoms with Crippen molar-refractivity contribution in [2.24, 2.45) is 23.2 Å². The number of allylic oxidation sites excluding steroid dienone is 1. The molecule has 6 rings (SSSR count). The van der Waals surface area contributed by atoms with E-state index in [1.807, 2.05) is 23.1 Å². The molecule has 1 aliphatic heterocycles. The average molecular weight is 352 g/mol. The van der Waals surface area contributed by atoms with Crippen LogP contribution in [0.1, 0.15) is 19.3 Å². The average Bonchev–Trinajstić information content (AvgIpc) is 3.14. The number of nitrogens with zero attached hydrogens (tertiary/aromatic N) is 2. The lowest BCUT2D eigenvalue weighted by molar-refractivity contribution is 0.0773. The molecule has 3 atom stereocenters. The summed E-state index contributed by atoms with van der Waals surface area (Å²) in [4.78, 5) is 16.7. The zero-order valence-electron chi connectivity index (χ0n) is 15.4. The second kappa shape index (κ2) is 5.74. The Morgan fingerprint density at radius 2 is 2.19 bits per heavy atom. The molecule has 5 heteroatoms. The van der Waals surface area contributed by atoms with Crippen molar-refractivity contribution in [2.75, 3.05) is 44.3 Å². The van der Waals surface area contributed by atoms with E-state index in [4.69, 9.17) is 5.73 Å². The Balaban J connectivity index is 1.09. The summed E-state index contributed by atoms with van der Waals surface area (Å²) in [5.74, 6) is 2.43. The molecule has 1 saturated heterocycles. The Morgan fingerprint density at radius 3 is 2.88 bits per heavy atom. The van der Waals surface area contributed by atoms with E-state index in [0.717, 1.165) is 31.5 Å². The molecule has 0 aromatic heterocycles. The van der Waals surface area contributed by atoms with Crippen molar-refractivity contribution in [1.82, 2.24) is 9.80 Å². The molecule has 26 heavy (non-hydrogen) atoms. The van der Waals surface area contributed by atoms with Crippen LogP contribution >= 0.6 is 0 Å². The number of carbonyl (C=O) groups is 1. The molecule has 5 nitrogen and oxygen atoms in total. The zero-order valence-corrected chi connectivity index (χ0v) is 15.4. The number of carbonyl (C=O) groups excluding carboxylic acids is 1. The van der Waals surface area contributed by atoms with Gasteiger partial charge in [-0.1, -0.05) is 23.8 Å². The first-order valence-corrected chi connectivity index (χ1v) is 9.84. The highest BCUT2D eigenvalue weighted by Crippen LogP contribution is 2.70. The lowest BCUT2D eigenvalue weighted by Gasteiger charge is -2.46. The smallest absolute Gasteiger partial charge is 0.321 e. The van der Waals surface area contributed by atoms with E-state index in [-0.39, 0.29) is 6.03 Å². The van der Waals surface area contributed by atoms with Crippen LogP contribution in [0.25, 0.3) is 0 Å². The maximum Gasteiger partial charge on any atom is 0.321 e. The summed E-state index contributed by atoms with van der Waals surface area (Å²) in [5, 5.41) is 2.92.